The Morgan fingerprint density at radius 2 is 2.00 bits per heavy atom. The zero-order valence-electron chi connectivity index (χ0n) is 9.08. The Morgan fingerprint density at radius 3 is 2.60 bits per heavy atom. The van der Waals surface area contributed by atoms with E-state index in [0.717, 1.165) is 31.4 Å². The molecule has 0 radical (unpaired) electrons. The van der Waals surface area contributed by atoms with Crippen molar-refractivity contribution in [1.29, 1.82) is 0 Å². The van der Waals surface area contributed by atoms with Gasteiger partial charge in [0, 0.05) is 19.8 Å². The van der Waals surface area contributed by atoms with Crippen molar-refractivity contribution in [2.24, 2.45) is 5.73 Å². The third kappa shape index (κ3) is 4.91. The van der Waals surface area contributed by atoms with E-state index >= 15 is 0 Å². The Balaban J connectivity index is 2.31. The first kappa shape index (κ1) is 12.1. The highest BCUT2D eigenvalue weighted by molar-refractivity contribution is 5.16. The van der Waals surface area contributed by atoms with Crippen molar-refractivity contribution in [2.75, 3.05) is 13.7 Å². The number of benzene rings is 1. The molecule has 2 nitrogen and oxygen atoms in total. The van der Waals surface area contributed by atoms with Gasteiger partial charge in [-0.05, 0) is 37.0 Å². The molecule has 1 aromatic carbocycles. The molecule has 15 heavy (non-hydrogen) atoms. The highest BCUT2D eigenvalue weighted by Crippen LogP contribution is 2.07. The summed E-state index contributed by atoms with van der Waals surface area (Å²) in [7, 11) is 1.69. The first-order valence-electron chi connectivity index (χ1n) is 5.21. The van der Waals surface area contributed by atoms with Crippen molar-refractivity contribution in [1.82, 2.24) is 0 Å². The Bertz CT molecular complexity index is 273. The van der Waals surface area contributed by atoms with Crippen LogP contribution in [0.2, 0.25) is 0 Å². The smallest absolute Gasteiger partial charge is 0.123 e. The number of hydrogen-bond donors (Lipinski definition) is 1. The van der Waals surface area contributed by atoms with Gasteiger partial charge in [0.15, 0.2) is 0 Å². The minimum atomic E-state index is -0.202. The maximum Gasteiger partial charge on any atom is 0.123 e. The fourth-order valence-corrected chi connectivity index (χ4v) is 1.52. The summed E-state index contributed by atoms with van der Waals surface area (Å²) in [4.78, 5) is 0. The number of rotatable bonds is 6. The van der Waals surface area contributed by atoms with Gasteiger partial charge in [-0.3, -0.25) is 0 Å². The summed E-state index contributed by atoms with van der Waals surface area (Å²) in [6.45, 7) is 0.747. The molecule has 1 rings (SSSR count). The van der Waals surface area contributed by atoms with E-state index < -0.39 is 0 Å². The van der Waals surface area contributed by atoms with Crippen LogP contribution in [0.1, 0.15) is 18.4 Å². The highest BCUT2D eigenvalue weighted by Gasteiger charge is 2.03. The second kappa shape index (κ2) is 6.53. The maximum absolute atomic E-state index is 12.6. The molecule has 0 aliphatic heterocycles. The van der Waals surface area contributed by atoms with Crippen LogP contribution in [-0.2, 0) is 11.2 Å². The lowest BCUT2D eigenvalue weighted by atomic mass is 10.0. The summed E-state index contributed by atoms with van der Waals surface area (Å²) in [6.07, 6.45) is 2.70. The Hall–Kier alpha value is -0.930. The van der Waals surface area contributed by atoms with E-state index in [4.69, 9.17) is 10.5 Å². The predicted molar refractivity (Wildman–Crippen MR) is 59.2 cm³/mol. The SMILES string of the molecule is COCCCC(N)Cc1ccc(F)cc1. The average molecular weight is 211 g/mol. The standard InChI is InChI=1S/C12H18FNO/c1-15-8-2-3-12(14)9-10-4-6-11(13)7-5-10/h4-7,12H,2-3,8-9,14H2,1H3. The van der Waals surface area contributed by atoms with Crippen LogP contribution in [0.15, 0.2) is 24.3 Å². The van der Waals surface area contributed by atoms with Gasteiger partial charge in [-0.1, -0.05) is 12.1 Å². The number of ether oxygens (including phenoxy) is 1. The molecule has 1 aromatic rings. The molecule has 3 heteroatoms. The summed E-state index contributed by atoms with van der Waals surface area (Å²) in [5.74, 6) is -0.202. The highest BCUT2D eigenvalue weighted by atomic mass is 19.1. The second-order valence-corrected chi connectivity index (χ2v) is 3.73. The number of hydrogen-bond acceptors (Lipinski definition) is 2. The van der Waals surface area contributed by atoms with Gasteiger partial charge in [-0.2, -0.15) is 0 Å². The van der Waals surface area contributed by atoms with Crippen molar-refractivity contribution in [3.63, 3.8) is 0 Å². The molecule has 1 atom stereocenters. The van der Waals surface area contributed by atoms with Gasteiger partial charge in [0.25, 0.3) is 0 Å². The van der Waals surface area contributed by atoms with E-state index in [1.807, 2.05) is 0 Å². The first-order chi connectivity index (χ1) is 7.22. The van der Waals surface area contributed by atoms with Crippen molar-refractivity contribution in [3.8, 4) is 0 Å². The lowest BCUT2D eigenvalue weighted by Gasteiger charge is -2.11. The quantitative estimate of drug-likeness (QED) is 0.731. The Labute approximate surface area is 90.2 Å². The molecule has 0 amide bonds. The van der Waals surface area contributed by atoms with Crippen LogP contribution >= 0.6 is 0 Å². The fraction of sp³-hybridized carbons (Fsp3) is 0.500. The van der Waals surface area contributed by atoms with E-state index in [-0.39, 0.29) is 11.9 Å². The van der Waals surface area contributed by atoms with Crippen molar-refractivity contribution in [3.05, 3.63) is 35.6 Å². The Morgan fingerprint density at radius 1 is 1.33 bits per heavy atom. The monoisotopic (exact) mass is 211 g/mol. The largest absolute Gasteiger partial charge is 0.385 e. The number of halogens is 1. The van der Waals surface area contributed by atoms with E-state index in [9.17, 15) is 4.39 Å². The molecule has 1 unspecified atom stereocenters. The number of nitrogens with two attached hydrogens (primary N) is 1. The lowest BCUT2D eigenvalue weighted by molar-refractivity contribution is 0.190. The molecule has 84 valence electrons. The zero-order chi connectivity index (χ0) is 11.1. The van der Waals surface area contributed by atoms with Crippen LogP contribution in [-0.4, -0.2) is 19.8 Å². The van der Waals surface area contributed by atoms with E-state index in [2.05, 4.69) is 0 Å². The average Bonchev–Trinajstić information content (AvgIpc) is 2.22. The number of methoxy groups -OCH3 is 1. The van der Waals surface area contributed by atoms with Crippen LogP contribution in [0.4, 0.5) is 4.39 Å². The molecule has 0 aliphatic rings. The fourth-order valence-electron chi connectivity index (χ4n) is 1.52. The molecular formula is C12H18FNO. The molecule has 2 N–H and O–H groups in total. The van der Waals surface area contributed by atoms with Crippen molar-refractivity contribution >= 4 is 0 Å². The minimum Gasteiger partial charge on any atom is -0.385 e. The van der Waals surface area contributed by atoms with Gasteiger partial charge >= 0.3 is 0 Å². The normalized spacial score (nSPS) is 12.7. The van der Waals surface area contributed by atoms with Crippen molar-refractivity contribution in [2.45, 2.75) is 25.3 Å². The summed E-state index contributed by atoms with van der Waals surface area (Å²) in [6, 6.07) is 6.64. The third-order valence-corrected chi connectivity index (χ3v) is 2.33. The summed E-state index contributed by atoms with van der Waals surface area (Å²) >= 11 is 0. The molecule has 0 aliphatic carbocycles. The molecule has 0 aromatic heterocycles. The molecule has 0 fully saturated rings. The molecular weight excluding hydrogens is 193 g/mol. The van der Waals surface area contributed by atoms with Gasteiger partial charge in [-0.15, -0.1) is 0 Å². The van der Waals surface area contributed by atoms with Crippen LogP contribution in [0.5, 0.6) is 0 Å². The van der Waals surface area contributed by atoms with Crippen LogP contribution < -0.4 is 5.73 Å². The minimum absolute atomic E-state index is 0.130. The van der Waals surface area contributed by atoms with Gasteiger partial charge < -0.3 is 10.5 Å². The van der Waals surface area contributed by atoms with Gasteiger partial charge in [0.1, 0.15) is 5.82 Å². The Kier molecular flexibility index (Phi) is 5.29. The van der Waals surface area contributed by atoms with Gasteiger partial charge in [0.05, 0.1) is 0 Å². The van der Waals surface area contributed by atoms with E-state index in [1.165, 1.54) is 12.1 Å². The zero-order valence-corrected chi connectivity index (χ0v) is 9.08. The third-order valence-electron chi connectivity index (χ3n) is 2.33. The van der Waals surface area contributed by atoms with Crippen LogP contribution in [0, 0.1) is 5.82 Å². The molecule has 0 bridgehead atoms. The second-order valence-electron chi connectivity index (χ2n) is 3.73. The molecule has 0 spiro atoms. The van der Waals surface area contributed by atoms with Crippen LogP contribution in [0.25, 0.3) is 0 Å². The lowest BCUT2D eigenvalue weighted by Crippen LogP contribution is -2.23. The summed E-state index contributed by atoms with van der Waals surface area (Å²) < 4.78 is 17.6. The van der Waals surface area contributed by atoms with Crippen LogP contribution in [0.3, 0.4) is 0 Å². The maximum atomic E-state index is 12.6. The topological polar surface area (TPSA) is 35.2 Å². The predicted octanol–water partition coefficient (Wildman–Crippen LogP) is 2.12. The van der Waals surface area contributed by atoms with Gasteiger partial charge in [0.2, 0.25) is 0 Å². The molecule has 0 heterocycles. The molecule has 0 saturated carbocycles. The van der Waals surface area contributed by atoms with E-state index in [0.29, 0.717) is 0 Å². The van der Waals surface area contributed by atoms with E-state index in [1.54, 1.807) is 19.2 Å². The summed E-state index contributed by atoms with van der Waals surface area (Å²) in [5.41, 5.74) is 7.02. The first-order valence-corrected chi connectivity index (χ1v) is 5.21. The van der Waals surface area contributed by atoms with Crippen molar-refractivity contribution < 1.29 is 9.13 Å². The molecule has 0 saturated heterocycles. The van der Waals surface area contributed by atoms with Gasteiger partial charge in [-0.25, -0.2) is 4.39 Å². The summed E-state index contributed by atoms with van der Waals surface area (Å²) in [5, 5.41) is 0.